The SMILES string of the molecule is O=C1c2ccccc2C(=O)N1c1ccc2oc(CCc3ccccc3)nc2c1. The average molecular weight is 368 g/mol. The molecule has 5 rings (SSSR count). The van der Waals surface area contributed by atoms with Gasteiger partial charge in [0.1, 0.15) is 5.52 Å². The average Bonchev–Trinajstić information content (AvgIpc) is 3.25. The Labute approximate surface area is 161 Å². The van der Waals surface area contributed by atoms with Crippen LogP contribution in [0.25, 0.3) is 11.1 Å². The van der Waals surface area contributed by atoms with Gasteiger partial charge in [0.25, 0.3) is 11.8 Å². The predicted octanol–water partition coefficient (Wildman–Crippen LogP) is 4.41. The highest BCUT2D eigenvalue weighted by molar-refractivity contribution is 6.34. The number of nitrogens with zero attached hydrogens (tertiary/aromatic N) is 2. The fourth-order valence-electron chi connectivity index (χ4n) is 3.53. The number of aryl methyl sites for hydroxylation is 2. The molecule has 0 saturated carbocycles. The summed E-state index contributed by atoms with van der Waals surface area (Å²) >= 11 is 0. The molecule has 0 fully saturated rings. The first kappa shape index (κ1) is 16.4. The van der Waals surface area contributed by atoms with Gasteiger partial charge < -0.3 is 4.42 Å². The molecule has 1 aliphatic rings. The number of carbonyl (C=O) groups is 2. The van der Waals surface area contributed by atoms with Crippen molar-refractivity contribution in [2.75, 3.05) is 4.90 Å². The van der Waals surface area contributed by atoms with Crippen LogP contribution in [0.1, 0.15) is 32.2 Å². The number of anilines is 1. The zero-order valence-electron chi connectivity index (χ0n) is 15.0. The molecule has 0 radical (unpaired) electrons. The van der Waals surface area contributed by atoms with Crippen molar-refractivity contribution in [3.63, 3.8) is 0 Å². The number of carbonyl (C=O) groups excluding carboxylic acids is 2. The second kappa shape index (κ2) is 6.46. The summed E-state index contributed by atoms with van der Waals surface area (Å²) in [5.74, 6) is 0.0128. The van der Waals surface area contributed by atoms with Gasteiger partial charge in [-0.1, -0.05) is 42.5 Å². The van der Waals surface area contributed by atoms with Gasteiger partial charge >= 0.3 is 0 Å². The Hall–Kier alpha value is -3.73. The fourth-order valence-corrected chi connectivity index (χ4v) is 3.53. The highest BCUT2D eigenvalue weighted by Gasteiger charge is 2.36. The number of rotatable bonds is 4. The van der Waals surface area contributed by atoms with Crippen molar-refractivity contribution in [3.05, 3.63) is 95.4 Å². The van der Waals surface area contributed by atoms with Crippen LogP contribution in [0.5, 0.6) is 0 Å². The third kappa shape index (κ3) is 2.68. The van der Waals surface area contributed by atoms with E-state index in [9.17, 15) is 9.59 Å². The summed E-state index contributed by atoms with van der Waals surface area (Å²) < 4.78 is 5.82. The summed E-state index contributed by atoms with van der Waals surface area (Å²) in [6.07, 6.45) is 1.51. The first-order valence-electron chi connectivity index (χ1n) is 9.12. The lowest BCUT2D eigenvalue weighted by Crippen LogP contribution is -2.29. The van der Waals surface area contributed by atoms with Crippen molar-refractivity contribution in [2.24, 2.45) is 0 Å². The van der Waals surface area contributed by atoms with Crippen LogP contribution in [-0.2, 0) is 12.8 Å². The van der Waals surface area contributed by atoms with Gasteiger partial charge in [0.05, 0.1) is 16.8 Å². The van der Waals surface area contributed by atoms with Crippen molar-refractivity contribution >= 4 is 28.6 Å². The van der Waals surface area contributed by atoms with Crippen LogP contribution in [0.4, 0.5) is 5.69 Å². The minimum atomic E-state index is -0.312. The van der Waals surface area contributed by atoms with E-state index in [1.807, 2.05) is 18.2 Å². The van der Waals surface area contributed by atoms with Gasteiger partial charge in [-0.2, -0.15) is 0 Å². The number of benzene rings is 3. The monoisotopic (exact) mass is 368 g/mol. The molecular formula is C23H16N2O3. The normalized spacial score (nSPS) is 13.4. The molecule has 3 aromatic carbocycles. The lowest BCUT2D eigenvalue weighted by Gasteiger charge is -2.13. The van der Waals surface area contributed by atoms with Gasteiger partial charge in [-0.25, -0.2) is 9.88 Å². The Morgan fingerprint density at radius 3 is 2.18 bits per heavy atom. The number of hydrogen-bond acceptors (Lipinski definition) is 4. The molecule has 0 unspecified atom stereocenters. The minimum absolute atomic E-state index is 0.312. The smallest absolute Gasteiger partial charge is 0.266 e. The number of amides is 2. The lowest BCUT2D eigenvalue weighted by molar-refractivity contribution is 0.0926. The molecule has 0 saturated heterocycles. The maximum absolute atomic E-state index is 12.7. The molecule has 1 aliphatic heterocycles. The minimum Gasteiger partial charge on any atom is -0.441 e. The van der Waals surface area contributed by atoms with E-state index in [0.29, 0.717) is 40.2 Å². The Bertz CT molecular complexity index is 1180. The molecule has 1 aromatic heterocycles. The topological polar surface area (TPSA) is 63.4 Å². The number of imide groups is 1. The first-order chi connectivity index (χ1) is 13.7. The number of aromatic nitrogens is 1. The first-order valence-corrected chi connectivity index (χ1v) is 9.12. The zero-order chi connectivity index (χ0) is 19.1. The summed E-state index contributed by atoms with van der Waals surface area (Å²) in [6.45, 7) is 0. The molecule has 0 spiro atoms. The van der Waals surface area contributed by atoms with Crippen molar-refractivity contribution in [1.82, 2.24) is 4.98 Å². The van der Waals surface area contributed by atoms with Gasteiger partial charge in [0.2, 0.25) is 0 Å². The second-order valence-corrected chi connectivity index (χ2v) is 6.74. The number of oxazole rings is 1. The fraction of sp³-hybridized carbons (Fsp3) is 0.0870. The van der Waals surface area contributed by atoms with Crippen LogP contribution in [0.2, 0.25) is 0 Å². The van der Waals surface area contributed by atoms with Gasteiger partial charge in [0, 0.05) is 6.42 Å². The molecule has 0 bridgehead atoms. The number of fused-ring (bicyclic) bond motifs is 2. The molecule has 0 atom stereocenters. The van der Waals surface area contributed by atoms with E-state index in [0.717, 1.165) is 6.42 Å². The van der Waals surface area contributed by atoms with E-state index in [1.54, 1.807) is 42.5 Å². The van der Waals surface area contributed by atoms with Crippen LogP contribution in [0, 0.1) is 0 Å². The van der Waals surface area contributed by atoms with Gasteiger partial charge in [0.15, 0.2) is 11.5 Å². The molecule has 0 N–H and O–H groups in total. The van der Waals surface area contributed by atoms with Crippen molar-refractivity contribution < 1.29 is 14.0 Å². The van der Waals surface area contributed by atoms with Gasteiger partial charge in [-0.15, -0.1) is 0 Å². The number of hydrogen-bond donors (Lipinski definition) is 0. The Balaban J connectivity index is 1.43. The zero-order valence-corrected chi connectivity index (χ0v) is 15.0. The predicted molar refractivity (Wildman–Crippen MR) is 105 cm³/mol. The van der Waals surface area contributed by atoms with E-state index in [1.165, 1.54) is 10.5 Å². The van der Waals surface area contributed by atoms with E-state index in [2.05, 4.69) is 17.1 Å². The van der Waals surface area contributed by atoms with E-state index in [4.69, 9.17) is 4.42 Å². The lowest BCUT2D eigenvalue weighted by atomic mass is 10.1. The van der Waals surface area contributed by atoms with Crippen molar-refractivity contribution in [2.45, 2.75) is 12.8 Å². The summed E-state index contributed by atoms with van der Waals surface area (Å²) in [4.78, 5) is 31.1. The maximum Gasteiger partial charge on any atom is 0.266 e. The highest BCUT2D eigenvalue weighted by atomic mass is 16.3. The van der Waals surface area contributed by atoms with E-state index >= 15 is 0 Å². The Morgan fingerprint density at radius 2 is 1.46 bits per heavy atom. The van der Waals surface area contributed by atoms with Crippen LogP contribution in [-0.4, -0.2) is 16.8 Å². The van der Waals surface area contributed by atoms with Crippen LogP contribution >= 0.6 is 0 Å². The Morgan fingerprint density at radius 1 is 0.786 bits per heavy atom. The quantitative estimate of drug-likeness (QED) is 0.501. The highest BCUT2D eigenvalue weighted by Crippen LogP contribution is 2.30. The van der Waals surface area contributed by atoms with Crippen LogP contribution in [0.3, 0.4) is 0 Å². The van der Waals surface area contributed by atoms with Crippen molar-refractivity contribution in [1.29, 1.82) is 0 Å². The molecule has 5 heteroatoms. The molecule has 28 heavy (non-hydrogen) atoms. The summed E-state index contributed by atoms with van der Waals surface area (Å²) in [5.41, 5.74) is 3.85. The summed E-state index contributed by atoms with van der Waals surface area (Å²) in [7, 11) is 0. The molecule has 2 amide bonds. The molecule has 136 valence electrons. The summed E-state index contributed by atoms with van der Waals surface area (Å²) in [5, 5.41) is 0. The van der Waals surface area contributed by atoms with Crippen LogP contribution < -0.4 is 4.90 Å². The third-order valence-corrected chi connectivity index (χ3v) is 4.94. The molecule has 5 nitrogen and oxygen atoms in total. The second-order valence-electron chi connectivity index (χ2n) is 6.74. The van der Waals surface area contributed by atoms with Gasteiger partial charge in [-0.3, -0.25) is 9.59 Å². The van der Waals surface area contributed by atoms with E-state index < -0.39 is 0 Å². The largest absolute Gasteiger partial charge is 0.441 e. The van der Waals surface area contributed by atoms with E-state index in [-0.39, 0.29) is 11.8 Å². The molecule has 0 aliphatic carbocycles. The third-order valence-electron chi connectivity index (χ3n) is 4.94. The summed E-state index contributed by atoms with van der Waals surface area (Å²) in [6, 6.07) is 22.2. The molecule has 4 aromatic rings. The van der Waals surface area contributed by atoms with Crippen molar-refractivity contribution in [3.8, 4) is 0 Å². The van der Waals surface area contributed by atoms with Gasteiger partial charge in [-0.05, 0) is 42.3 Å². The van der Waals surface area contributed by atoms with Crippen LogP contribution in [0.15, 0.2) is 77.2 Å². The molecule has 2 heterocycles. The maximum atomic E-state index is 12.7. The standard InChI is InChI=1S/C23H16N2O3/c26-22-17-8-4-5-9-18(17)23(27)25(22)16-11-12-20-19(14-16)24-21(28-20)13-10-15-6-2-1-3-7-15/h1-9,11-12,14H,10,13H2. The Kier molecular flexibility index (Phi) is 3.79. The molecular weight excluding hydrogens is 352 g/mol.